The van der Waals surface area contributed by atoms with Gasteiger partial charge in [-0.1, -0.05) is 30.3 Å². The molecular formula is C15H16N4O. The fourth-order valence-electron chi connectivity index (χ4n) is 2.04. The highest BCUT2D eigenvalue weighted by Crippen LogP contribution is 2.23. The zero-order chi connectivity index (χ0) is 14.4. The van der Waals surface area contributed by atoms with Crippen LogP contribution in [0.2, 0.25) is 0 Å². The van der Waals surface area contributed by atoms with Gasteiger partial charge >= 0.3 is 0 Å². The molecule has 0 aliphatic rings. The van der Waals surface area contributed by atoms with Crippen LogP contribution >= 0.6 is 0 Å². The second-order valence-corrected chi connectivity index (χ2v) is 4.66. The summed E-state index contributed by atoms with van der Waals surface area (Å²) in [5.41, 5.74) is 1.89. The van der Waals surface area contributed by atoms with Gasteiger partial charge in [-0.2, -0.15) is 10.4 Å². The fraction of sp³-hybridized carbons (Fsp3) is 0.267. The highest BCUT2D eigenvalue weighted by Gasteiger charge is 2.16. The normalized spacial score (nSPS) is 11.6. The number of carbonyl (C=O) groups excluding carboxylic acids is 1. The third kappa shape index (κ3) is 3.69. The second kappa shape index (κ2) is 6.53. The summed E-state index contributed by atoms with van der Waals surface area (Å²) in [6, 6.07) is 13.5. The summed E-state index contributed by atoms with van der Waals surface area (Å²) in [5, 5.41) is 18.4. The van der Waals surface area contributed by atoms with Gasteiger partial charge in [0.25, 0.3) is 0 Å². The third-order valence-electron chi connectivity index (χ3n) is 3.01. The minimum absolute atomic E-state index is 0.0961. The van der Waals surface area contributed by atoms with Gasteiger partial charge < -0.3 is 5.32 Å². The van der Waals surface area contributed by atoms with Crippen LogP contribution in [0.5, 0.6) is 0 Å². The molecule has 0 aliphatic heterocycles. The zero-order valence-corrected chi connectivity index (χ0v) is 11.3. The maximum atomic E-state index is 12.0. The van der Waals surface area contributed by atoms with Crippen LogP contribution in [-0.2, 0) is 4.79 Å². The van der Waals surface area contributed by atoms with Crippen molar-refractivity contribution in [3.63, 3.8) is 0 Å². The number of hydrogen-bond donors (Lipinski definition) is 2. The number of benzene rings is 1. The van der Waals surface area contributed by atoms with Gasteiger partial charge in [0, 0.05) is 30.5 Å². The average molecular weight is 268 g/mol. The number of carbonyl (C=O) groups is 1. The third-order valence-corrected chi connectivity index (χ3v) is 3.01. The Morgan fingerprint density at radius 2 is 2.20 bits per heavy atom. The molecule has 1 atom stereocenters. The molecule has 0 saturated carbocycles. The van der Waals surface area contributed by atoms with Gasteiger partial charge in [-0.25, -0.2) is 0 Å². The Morgan fingerprint density at radius 1 is 1.45 bits per heavy atom. The second-order valence-electron chi connectivity index (χ2n) is 4.66. The van der Waals surface area contributed by atoms with Crippen molar-refractivity contribution in [2.45, 2.75) is 25.7 Å². The molecule has 2 N–H and O–H groups in total. The van der Waals surface area contributed by atoms with Crippen LogP contribution in [0.15, 0.2) is 36.4 Å². The highest BCUT2D eigenvalue weighted by atomic mass is 16.1. The highest BCUT2D eigenvalue weighted by molar-refractivity contribution is 5.90. The largest absolute Gasteiger partial charge is 0.309 e. The van der Waals surface area contributed by atoms with Gasteiger partial charge in [-0.3, -0.25) is 9.89 Å². The van der Waals surface area contributed by atoms with E-state index in [0.29, 0.717) is 12.2 Å². The first-order valence-corrected chi connectivity index (χ1v) is 6.43. The molecule has 2 rings (SSSR count). The molecule has 1 amide bonds. The van der Waals surface area contributed by atoms with Crippen LogP contribution in [0.25, 0.3) is 0 Å². The van der Waals surface area contributed by atoms with E-state index >= 15 is 0 Å². The number of aromatic nitrogens is 2. The van der Waals surface area contributed by atoms with E-state index < -0.39 is 0 Å². The van der Waals surface area contributed by atoms with E-state index in [-0.39, 0.29) is 18.2 Å². The predicted octanol–water partition coefficient (Wildman–Crippen LogP) is 2.74. The van der Waals surface area contributed by atoms with E-state index in [9.17, 15) is 4.79 Å². The SMILES string of the molecule is Cc1cc(NC(=O)CC(CC#N)c2ccccc2)n[nH]1. The summed E-state index contributed by atoms with van der Waals surface area (Å²) in [5.74, 6) is 0.276. The van der Waals surface area contributed by atoms with Crippen LogP contribution in [0.3, 0.4) is 0 Å². The lowest BCUT2D eigenvalue weighted by atomic mass is 9.93. The summed E-state index contributed by atoms with van der Waals surface area (Å²) < 4.78 is 0. The van der Waals surface area contributed by atoms with Gasteiger partial charge in [0.1, 0.15) is 0 Å². The standard InChI is InChI=1S/C15H16N4O/c1-11-9-14(19-18-11)17-15(20)10-13(7-8-16)12-5-3-2-4-6-12/h2-6,9,13H,7,10H2,1H3,(H2,17,18,19,20). The van der Waals surface area contributed by atoms with Gasteiger partial charge in [0.15, 0.2) is 5.82 Å². The topological polar surface area (TPSA) is 81.6 Å². The Morgan fingerprint density at radius 3 is 2.80 bits per heavy atom. The number of H-pyrrole nitrogens is 1. The number of aryl methyl sites for hydroxylation is 1. The van der Waals surface area contributed by atoms with Gasteiger partial charge in [-0.15, -0.1) is 0 Å². The first-order chi connectivity index (χ1) is 9.69. The quantitative estimate of drug-likeness (QED) is 0.874. The Labute approximate surface area is 117 Å². The van der Waals surface area contributed by atoms with E-state index in [1.54, 1.807) is 6.07 Å². The van der Waals surface area contributed by atoms with E-state index in [4.69, 9.17) is 5.26 Å². The van der Waals surface area contributed by atoms with Crippen molar-refractivity contribution in [3.8, 4) is 6.07 Å². The number of nitriles is 1. The molecule has 1 aromatic carbocycles. The Bertz CT molecular complexity index is 612. The Balaban J connectivity index is 2.01. The first kappa shape index (κ1) is 13.8. The molecule has 2 aromatic rings. The molecule has 1 unspecified atom stereocenters. The van der Waals surface area contributed by atoms with Crippen LogP contribution in [0, 0.1) is 18.3 Å². The van der Waals surface area contributed by atoms with Crippen molar-refractivity contribution in [1.29, 1.82) is 5.26 Å². The molecular weight excluding hydrogens is 252 g/mol. The van der Waals surface area contributed by atoms with Crippen LogP contribution in [-0.4, -0.2) is 16.1 Å². The molecule has 102 valence electrons. The van der Waals surface area contributed by atoms with Crippen molar-refractivity contribution >= 4 is 11.7 Å². The van der Waals surface area contributed by atoms with E-state index in [0.717, 1.165) is 11.3 Å². The number of hydrogen-bond acceptors (Lipinski definition) is 3. The molecule has 5 nitrogen and oxygen atoms in total. The molecule has 1 aromatic heterocycles. The number of aromatic amines is 1. The van der Waals surface area contributed by atoms with Crippen LogP contribution < -0.4 is 5.32 Å². The lowest BCUT2D eigenvalue weighted by Crippen LogP contribution is -2.15. The summed E-state index contributed by atoms with van der Waals surface area (Å²) >= 11 is 0. The number of nitrogens with one attached hydrogen (secondary N) is 2. The summed E-state index contributed by atoms with van der Waals surface area (Å²) in [6.07, 6.45) is 0.584. The minimum atomic E-state index is -0.138. The predicted molar refractivity (Wildman–Crippen MR) is 76.0 cm³/mol. The maximum Gasteiger partial charge on any atom is 0.226 e. The lowest BCUT2D eigenvalue weighted by Gasteiger charge is -2.13. The molecule has 20 heavy (non-hydrogen) atoms. The molecule has 1 heterocycles. The first-order valence-electron chi connectivity index (χ1n) is 6.43. The maximum absolute atomic E-state index is 12.0. The van der Waals surface area contributed by atoms with Crippen molar-refractivity contribution in [2.75, 3.05) is 5.32 Å². The summed E-state index contributed by atoms with van der Waals surface area (Å²) in [7, 11) is 0. The van der Waals surface area contributed by atoms with E-state index in [2.05, 4.69) is 21.6 Å². The van der Waals surface area contributed by atoms with Crippen molar-refractivity contribution in [1.82, 2.24) is 10.2 Å². The van der Waals surface area contributed by atoms with E-state index in [1.807, 2.05) is 37.3 Å². The van der Waals surface area contributed by atoms with Crippen molar-refractivity contribution in [3.05, 3.63) is 47.7 Å². The number of nitrogens with zero attached hydrogens (tertiary/aromatic N) is 2. The molecule has 0 fully saturated rings. The van der Waals surface area contributed by atoms with Crippen LogP contribution in [0.1, 0.15) is 30.0 Å². The van der Waals surface area contributed by atoms with Crippen molar-refractivity contribution < 1.29 is 4.79 Å². The smallest absolute Gasteiger partial charge is 0.226 e. The van der Waals surface area contributed by atoms with Crippen LogP contribution in [0.4, 0.5) is 5.82 Å². The molecule has 0 aliphatic carbocycles. The van der Waals surface area contributed by atoms with Gasteiger partial charge in [0.2, 0.25) is 5.91 Å². The molecule has 5 heteroatoms. The minimum Gasteiger partial charge on any atom is -0.309 e. The number of anilines is 1. The fourth-order valence-corrected chi connectivity index (χ4v) is 2.04. The number of rotatable bonds is 5. The average Bonchev–Trinajstić information content (AvgIpc) is 2.84. The number of amides is 1. The monoisotopic (exact) mass is 268 g/mol. The molecule has 0 radical (unpaired) electrons. The van der Waals surface area contributed by atoms with Crippen molar-refractivity contribution in [2.24, 2.45) is 0 Å². The molecule has 0 bridgehead atoms. The zero-order valence-electron chi connectivity index (χ0n) is 11.3. The molecule has 0 saturated heterocycles. The molecule has 0 spiro atoms. The van der Waals surface area contributed by atoms with Gasteiger partial charge in [0.05, 0.1) is 6.07 Å². The summed E-state index contributed by atoms with van der Waals surface area (Å²) in [6.45, 7) is 1.87. The Kier molecular flexibility index (Phi) is 4.51. The summed E-state index contributed by atoms with van der Waals surface area (Å²) in [4.78, 5) is 12.0. The Hall–Kier alpha value is -2.61. The lowest BCUT2D eigenvalue weighted by molar-refractivity contribution is -0.116. The van der Waals surface area contributed by atoms with Gasteiger partial charge in [-0.05, 0) is 12.5 Å². The van der Waals surface area contributed by atoms with E-state index in [1.165, 1.54) is 0 Å².